The van der Waals surface area contributed by atoms with Crippen LogP contribution >= 0.6 is 12.2 Å². The maximum Gasteiger partial charge on any atom is 0.239 e. The molecule has 0 aliphatic rings. The minimum Gasteiger partial charge on any atom is -0.389 e. The van der Waals surface area contributed by atoms with Gasteiger partial charge in [0.15, 0.2) is 0 Å². The number of thiocarbonyl (C=S) groups is 1. The molecule has 0 bridgehead atoms. The van der Waals surface area contributed by atoms with Crippen molar-refractivity contribution in [1.29, 1.82) is 0 Å². The fraction of sp³-hybridized carbons (Fsp3) is 0.333. The van der Waals surface area contributed by atoms with Crippen LogP contribution in [0.1, 0.15) is 12.5 Å². The van der Waals surface area contributed by atoms with Crippen LogP contribution in [-0.4, -0.2) is 31.0 Å². The van der Waals surface area contributed by atoms with Gasteiger partial charge in [-0.1, -0.05) is 12.2 Å². The van der Waals surface area contributed by atoms with Gasteiger partial charge in [0, 0.05) is 24.8 Å². The minimum atomic E-state index is -0.409. The lowest BCUT2D eigenvalue weighted by Crippen LogP contribution is -2.35. The van der Waals surface area contributed by atoms with Crippen molar-refractivity contribution in [1.82, 2.24) is 5.32 Å². The molecule has 0 heterocycles. The van der Waals surface area contributed by atoms with E-state index >= 15 is 0 Å². The molecular formula is C12H16FN3OS. The van der Waals surface area contributed by atoms with Crippen LogP contribution in [0.2, 0.25) is 0 Å². The highest BCUT2D eigenvalue weighted by atomic mass is 32.1. The lowest BCUT2D eigenvalue weighted by Gasteiger charge is -2.21. The quantitative estimate of drug-likeness (QED) is 0.784. The molecule has 1 aromatic rings. The number of rotatable bonds is 5. The van der Waals surface area contributed by atoms with Gasteiger partial charge in [-0.3, -0.25) is 4.79 Å². The third kappa shape index (κ3) is 3.66. The van der Waals surface area contributed by atoms with Crippen molar-refractivity contribution in [2.75, 3.05) is 25.0 Å². The maximum absolute atomic E-state index is 13.1. The second-order valence-corrected chi connectivity index (χ2v) is 4.28. The molecule has 0 fully saturated rings. The number of anilines is 1. The van der Waals surface area contributed by atoms with E-state index < -0.39 is 5.82 Å². The third-order valence-electron chi connectivity index (χ3n) is 2.39. The number of hydrogen-bond acceptors (Lipinski definition) is 3. The van der Waals surface area contributed by atoms with Gasteiger partial charge in [-0.05, 0) is 25.1 Å². The monoisotopic (exact) mass is 269 g/mol. The Morgan fingerprint density at radius 3 is 2.78 bits per heavy atom. The Bertz CT molecular complexity index is 465. The fourth-order valence-corrected chi connectivity index (χ4v) is 1.76. The summed E-state index contributed by atoms with van der Waals surface area (Å²) in [5.74, 6) is -0.522. The molecule has 0 aliphatic carbocycles. The first-order chi connectivity index (χ1) is 8.45. The van der Waals surface area contributed by atoms with Crippen molar-refractivity contribution in [3.63, 3.8) is 0 Å². The highest BCUT2D eigenvalue weighted by molar-refractivity contribution is 7.80. The van der Waals surface area contributed by atoms with Crippen LogP contribution in [0.3, 0.4) is 0 Å². The van der Waals surface area contributed by atoms with Gasteiger partial charge < -0.3 is 16.0 Å². The zero-order chi connectivity index (χ0) is 13.7. The summed E-state index contributed by atoms with van der Waals surface area (Å²) in [6.45, 7) is 2.57. The number of nitrogens with zero attached hydrogens (tertiary/aromatic N) is 1. The Morgan fingerprint density at radius 1 is 1.56 bits per heavy atom. The Morgan fingerprint density at radius 2 is 2.22 bits per heavy atom. The number of carbonyl (C=O) groups is 1. The van der Waals surface area contributed by atoms with Crippen molar-refractivity contribution >= 4 is 28.8 Å². The number of hydrogen-bond donors (Lipinski definition) is 2. The van der Waals surface area contributed by atoms with Crippen molar-refractivity contribution in [2.45, 2.75) is 6.92 Å². The lowest BCUT2D eigenvalue weighted by molar-refractivity contribution is -0.119. The average Bonchev–Trinajstić information content (AvgIpc) is 2.28. The van der Waals surface area contributed by atoms with E-state index in [-0.39, 0.29) is 17.4 Å². The molecule has 1 rings (SSSR count). The van der Waals surface area contributed by atoms with Crippen LogP contribution in [0.4, 0.5) is 10.1 Å². The van der Waals surface area contributed by atoms with Gasteiger partial charge in [-0.25, -0.2) is 4.39 Å². The van der Waals surface area contributed by atoms with Crippen LogP contribution in [0, 0.1) is 5.82 Å². The van der Waals surface area contributed by atoms with E-state index in [0.717, 1.165) is 0 Å². The maximum atomic E-state index is 13.1. The summed E-state index contributed by atoms with van der Waals surface area (Å²) in [5.41, 5.74) is 6.61. The smallest absolute Gasteiger partial charge is 0.239 e. The van der Waals surface area contributed by atoms with Crippen LogP contribution in [-0.2, 0) is 4.79 Å². The lowest BCUT2D eigenvalue weighted by atomic mass is 10.1. The molecule has 4 nitrogen and oxygen atoms in total. The number of amides is 1. The van der Waals surface area contributed by atoms with Crippen molar-refractivity contribution in [3.8, 4) is 0 Å². The second kappa shape index (κ2) is 6.30. The average molecular weight is 269 g/mol. The van der Waals surface area contributed by atoms with Crippen LogP contribution in [0.25, 0.3) is 0 Å². The number of nitrogens with one attached hydrogen (secondary N) is 1. The summed E-state index contributed by atoms with van der Waals surface area (Å²) in [4.78, 5) is 13.3. The Kier molecular flexibility index (Phi) is 5.03. The summed E-state index contributed by atoms with van der Waals surface area (Å²) < 4.78 is 13.1. The van der Waals surface area contributed by atoms with E-state index in [2.05, 4.69) is 5.32 Å². The molecule has 1 amide bonds. The zero-order valence-electron chi connectivity index (χ0n) is 10.4. The molecule has 0 radical (unpaired) electrons. The van der Waals surface area contributed by atoms with Gasteiger partial charge in [-0.2, -0.15) is 0 Å². The number of benzene rings is 1. The van der Waals surface area contributed by atoms with Crippen molar-refractivity contribution in [2.24, 2.45) is 5.73 Å². The second-order valence-electron chi connectivity index (χ2n) is 3.84. The highest BCUT2D eigenvalue weighted by Gasteiger charge is 2.13. The van der Waals surface area contributed by atoms with Gasteiger partial charge in [0.05, 0.1) is 6.54 Å². The fourth-order valence-electron chi connectivity index (χ4n) is 1.59. The number of halogens is 1. The van der Waals surface area contributed by atoms with E-state index in [1.54, 1.807) is 18.0 Å². The van der Waals surface area contributed by atoms with Gasteiger partial charge in [-0.15, -0.1) is 0 Å². The first-order valence-electron chi connectivity index (χ1n) is 5.53. The standard InChI is InChI=1S/C12H16FN3OS/c1-3-15-11(17)7-16(2)10-5-4-8(13)6-9(10)12(14)18/h4-6H,3,7H2,1-2H3,(H2,14,18)(H,15,17). The van der Waals surface area contributed by atoms with Crippen molar-refractivity contribution < 1.29 is 9.18 Å². The number of carbonyl (C=O) groups excluding carboxylic acids is 1. The molecule has 6 heteroatoms. The minimum absolute atomic E-state index is 0.104. The van der Waals surface area contributed by atoms with E-state index in [1.807, 2.05) is 6.92 Å². The summed E-state index contributed by atoms with van der Waals surface area (Å²) in [6.07, 6.45) is 0. The molecule has 0 saturated heterocycles. The Hall–Kier alpha value is -1.69. The molecule has 1 aromatic carbocycles. The van der Waals surface area contributed by atoms with Crippen LogP contribution in [0.5, 0.6) is 0 Å². The zero-order valence-corrected chi connectivity index (χ0v) is 11.2. The summed E-state index contributed by atoms with van der Waals surface area (Å²) >= 11 is 4.88. The molecule has 3 N–H and O–H groups in total. The summed E-state index contributed by atoms with van der Waals surface area (Å²) in [5, 5.41) is 2.69. The number of nitrogens with two attached hydrogens (primary N) is 1. The largest absolute Gasteiger partial charge is 0.389 e. The molecule has 0 aliphatic heterocycles. The van der Waals surface area contributed by atoms with Gasteiger partial charge in [0.2, 0.25) is 5.91 Å². The Balaban J connectivity index is 2.94. The molecule has 0 spiro atoms. The molecule has 0 aromatic heterocycles. The molecular weight excluding hydrogens is 253 g/mol. The SMILES string of the molecule is CCNC(=O)CN(C)c1ccc(F)cc1C(N)=S. The normalized spacial score (nSPS) is 9.94. The third-order valence-corrected chi connectivity index (χ3v) is 2.61. The first-order valence-corrected chi connectivity index (χ1v) is 5.93. The van der Waals surface area contributed by atoms with E-state index in [0.29, 0.717) is 17.8 Å². The van der Waals surface area contributed by atoms with Gasteiger partial charge in [0.1, 0.15) is 10.8 Å². The Labute approximate surface area is 111 Å². The number of likely N-dealkylation sites (N-methyl/N-ethyl adjacent to an activating group) is 2. The molecule has 0 atom stereocenters. The topological polar surface area (TPSA) is 58.4 Å². The predicted octanol–water partition coefficient (Wildman–Crippen LogP) is 1.03. The van der Waals surface area contributed by atoms with Crippen molar-refractivity contribution in [3.05, 3.63) is 29.6 Å². The molecule has 18 heavy (non-hydrogen) atoms. The van der Waals surface area contributed by atoms with Crippen LogP contribution < -0.4 is 16.0 Å². The molecule has 98 valence electrons. The highest BCUT2D eigenvalue weighted by Crippen LogP contribution is 2.20. The van der Waals surface area contributed by atoms with E-state index in [9.17, 15) is 9.18 Å². The van der Waals surface area contributed by atoms with E-state index in [1.165, 1.54) is 12.1 Å². The van der Waals surface area contributed by atoms with E-state index in [4.69, 9.17) is 18.0 Å². The summed E-state index contributed by atoms with van der Waals surface area (Å²) in [7, 11) is 1.73. The summed E-state index contributed by atoms with van der Waals surface area (Å²) in [6, 6.07) is 4.14. The molecule has 0 saturated carbocycles. The first kappa shape index (κ1) is 14.4. The van der Waals surface area contributed by atoms with Crippen LogP contribution in [0.15, 0.2) is 18.2 Å². The molecule has 0 unspecified atom stereocenters. The predicted molar refractivity (Wildman–Crippen MR) is 74.2 cm³/mol. The van der Waals surface area contributed by atoms with Gasteiger partial charge in [0.25, 0.3) is 0 Å². The van der Waals surface area contributed by atoms with Gasteiger partial charge >= 0.3 is 0 Å².